The lowest BCUT2D eigenvalue weighted by atomic mass is 9.97. The highest BCUT2D eigenvalue weighted by Gasteiger charge is 2.31. The fourth-order valence-electron chi connectivity index (χ4n) is 3.33. The van der Waals surface area contributed by atoms with E-state index in [1.54, 1.807) is 6.07 Å². The number of rotatable bonds is 2. The van der Waals surface area contributed by atoms with Crippen LogP contribution < -0.4 is 5.32 Å². The van der Waals surface area contributed by atoms with Crippen molar-refractivity contribution in [1.82, 2.24) is 4.90 Å². The average molecular weight is 248 g/mol. The summed E-state index contributed by atoms with van der Waals surface area (Å²) < 4.78 is 13.7. The lowest BCUT2D eigenvalue weighted by molar-refractivity contribution is 0.188. The molecule has 2 aliphatic rings. The van der Waals surface area contributed by atoms with Crippen LogP contribution in [0.3, 0.4) is 0 Å². The number of piperidine rings is 1. The van der Waals surface area contributed by atoms with Crippen molar-refractivity contribution in [3.8, 4) is 0 Å². The lowest BCUT2D eigenvalue weighted by Gasteiger charge is -2.35. The van der Waals surface area contributed by atoms with E-state index in [0.29, 0.717) is 11.7 Å². The van der Waals surface area contributed by atoms with Crippen LogP contribution in [-0.2, 0) is 0 Å². The van der Waals surface area contributed by atoms with Crippen LogP contribution in [0.25, 0.3) is 0 Å². The molecule has 2 saturated heterocycles. The number of nitrogens with zero attached hydrogens (tertiary/aromatic N) is 1. The molecule has 2 aliphatic heterocycles. The van der Waals surface area contributed by atoms with Crippen LogP contribution in [0.15, 0.2) is 18.2 Å². The second-order valence-corrected chi connectivity index (χ2v) is 5.68. The number of benzene rings is 1. The van der Waals surface area contributed by atoms with Gasteiger partial charge in [-0.15, -0.1) is 0 Å². The van der Waals surface area contributed by atoms with Gasteiger partial charge in [0.2, 0.25) is 0 Å². The van der Waals surface area contributed by atoms with E-state index in [1.807, 2.05) is 19.1 Å². The summed E-state index contributed by atoms with van der Waals surface area (Å²) in [6.07, 6.45) is 4.93. The van der Waals surface area contributed by atoms with Crippen molar-refractivity contribution in [3.63, 3.8) is 0 Å². The molecule has 0 aliphatic carbocycles. The molecule has 98 valence electrons. The number of nitrogens with one attached hydrogen (secondary N) is 1. The van der Waals surface area contributed by atoms with E-state index in [-0.39, 0.29) is 5.82 Å². The third kappa shape index (κ3) is 2.37. The fourth-order valence-corrected chi connectivity index (χ4v) is 3.33. The van der Waals surface area contributed by atoms with Gasteiger partial charge in [0.05, 0.1) is 5.69 Å². The molecule has 2 nitrogen and oxygen atoms in total. The molecule has 2 atom stereocenters. The molecular weight excluding hydrogens is 227 g/mol. The highest BCUT2D eigenvalue weighted by Crippen LogP contribution is 2.29. The Kier molecular flexibility index (Phi) is 3.25. The van der Waals surface area contributed by atoms with Gasteiger partial charge in [-0.1, -0.05) is 6.07 Å². The predicted molar refractivity (Wildman–Crippen MR) is 72.4 cm³/mol. The molecule has 2 unspecified atom stereocenters. The zero-order valence-corrected chi connectivity index (χ0v) is 11.0. The zero-order valence-electron chi connectivity index (χ0n) is 11.0. The van der Waals surface area contributed by atoms with Crippen molar-refractivity contribution in [2.24, 2.45) is 0 Å². The molecule has 0 saturated carbocycles. The topological polar surface area (TPSA) is 15.3 Å². The monoisotopic (exact) mass is 248 g/mol. The van der Waals surface area contributed by atoms with Crippen molar-refractivity contribution in [3.05, 3.63) is 29.6 Å². The summed E-state index contributed by atoms with van der Waals surface area (Å²) in [5.74, 6) is -0.130. The van der Waals surface area contributed by atoms with Gasteiger partial charge in [0.1, 0.15) is 5.82 Å². The molecule has 3 heteroatoms. The molecule has 3 rings (SSSR count). The first-order valence-electron chi connectivity index (χ1n) is 6.99. The van der Waals surface area contributed by atoms with Gasteiger partial charge in [0.15, 0.2) is 0 Å². The summed E-state index contributed by atoms with van der Waals surface area (Å²) >= 11 is 0. The molecule has 1 N–H and O–H groups in total. The third-order valence-corrected chi connectivity index (χ3v) is 4.30. The van der Waals surface area contributed by atoms with Gasteiger partial charge in [-0.25, -0.2) is 4.39 Å². The molecule has 18 heavy (non-hydrogen) atoms. The Hall–Kier alpha value is -1.09. The summed E-state index contributed by atoms with van der Waals surface area (Å²) in [5, 5.41) is 3.40. The van der Waals surface area contributed by atoms with E-state index in [4.69, 9.17) is 0 Å². The van der Waals surface area contributed by atoms with Gasteiger partial charge in [-0.2, -0.15) is 0 Å². The number of fused-ring (bicyclic) bond motifs is 1. The Morgan fingerprint density at radius 3 is 3.06 bits per heavy atom. The van der Waals surface area contributed by atoms with Crippen LogP contribution in [0.2, 0.25) is 0 Å². The van der Waals surface area contributed by atoms with Crippen molar-refractivity contribution >= 4 is 5.69 Å². The quantitative estimate of drug-likeness (QED) is 0.864. The van der Waals surface area contributed by atoms with E-state index >= 15 is 0 Å². The van der Waals surface area contributed by atoms with Crippen LogP contribution in [0.4, 0.5) is 10.1 Å². The Balaban J connectivity index is 1.67. The summed E-state index contributed by atoms with van der Waals surface area (Å²) in [4.78, 5) is 2.59. The van der Waals surface area contributed by atoms with E-state index in [1.165, 1.54) is 19.4 Å². The van der Waals surface area contributed by atoms with Crippen molar-refractivity contribution in [2.45, 2.75) is 44.7 Å². The summed E-state index contributed by atoms with van der Waals surface area (Å²) in [6.45, 7) is 4.43. The molecule has 0 aromatic heterocycles. The van der Waals surface area contributed by atoms with Crippen molar-refractivity contribution < 1.29 is 4.39 Å². The highest BCUT2D eigenvalue weighted by molar-refractivity contribution is 5.48. The molecule has 2 heterocycles. The first-order valence-corrected chi connectivity index (χ1v) is 6.99. The number of halogens is 1. The molecule has 2 fully saturated rings. The minimum absolute atomic E-state index is 0.130. The molecule has 1 aromatic carbocycles. The van der Waals surface area contributed by atoms with Gasteiger partial charge >= 0.3 is 0 Å². The molecule has 0 amide bonds. The Morgan fingerprint density at radius 2 is 2.17 bits per heavy atom. The van der Waals surface area contributed by atoms with Gasteiger partial charge in [0, 0.05) is 18.6 Å². The second kappa shape index (κ2) is 4.88. The van der Waals surface area contributed by atoms with Crippen LogP contribution in [0.1, 0.15) is 31.2 Å². The van der Waals surface area contributed by atoms with E-state index in [2.05, 4.69) is 10.2 Å². The fraction of sp³-hybridized carbons (Fsp3) is 0.600. The smallest absolute Gasteiger partial charge is 0.146 e. The minimum Gasteiger partial charge on any atom is -0.380 e. The van der Waals surface area contributed by atoms with Gasteiger partial charge < -0.3 is 10.2 Å². The highest BCUT2D eigenvalue weighted by atomic mass is 19.1. The molecule has 0 bridgehead atoms. The summed E-state index contributed by atoms with van der Waals surface area (Å²) in [5.41, 5.74) is 1.78. The van der Waals surface area contributed by atoms with Crippen LogP contribution in [0, 0.1) is 12.7 Å². The van der Waals surface area contributed by atoms with Gasteiger partial charge in [-0.3, -0.25) is 0 Å². The molecular formula is C15H21FN2. The maximum atomic E-state index is 13.7. The van der Waals surface area contributed by atoms with E-state index in [0.717, 1.165) is 31.0 Å². The Bertz CT molecular complexity index is 433. The number of hydrogen-bond acceptors (Lipinski definition) is 2. The first kappa shape index (κ1) is 12.0. The zero-order chi connectivity index (χ0) is 12.5. The number of hydrogen-bond donors (Lipinski definition) is 1. The van der Waals surface area contributed by atoms with Crippen LogP contribution >= 0.6 is 0 Å². The molecule has 1 aromatic rings. The van der Waals surface area contributed by atoms with E-state index in [9.17, 15) is 4.39 Å². The standard InChI is InChI=1S/C15H21FN2/c1-11-4-5-14(16)15(9-11)17-12-6-8-18-7-2-3-13(18)10-12/h4-5,9,12-13,17H,2-3,6-8,10H2,1H3. The largest absolute Gasteiger partial charge is 0.380 e. The normalized spacial score (nSPS) is 28.1. The van der Waals surface area contributed by atoms with E-state index < -0.39 is 0 Å². The molecule has 0 radical (unpaired) electrons. The third-order valence-electron chi connectivity index (χ3n) is 4.30. The van der Waals surface area contributed by atoms with Gasteiger partial charge in [-0.05, 0) is 56.8 Å². The maximum absolute atomic E-state index is 13.7. The molecule has 0 spiro atoms. The Morgan fingerprint density at radius 1 is 1.28 bits per heavy atom. The second-order valence-electron chi connectivity index (χ2n) is 5.68. The summed E-state index contributed by atoms with van der Waals surface area (Å²) in [7, 11) is 0. The van der Waals surface area contributed by atoms with Crippen LogP contribution in [0.5, 0.6) is 0 Å². The first-order chi connectivity index (χ1) is 8.72. The Labute approximate surface area is 108 Å². The maximum Gasteiger partial charge on any atom is 0.146 e. The SMILES string of the molecule is Cc1ccc(F)c(NC2CCN3CCCC3C2)c1. The number of anilines is 1. The predicted octanol–water partition coefficient (Wildman–Crippen LogP) is 3.17. The van der Waals surface area contributed by atoms with Crippen molar-refractivity contribution in [2.75, 3.05) is 18.4 Å². The minimum atomic E-state index is -0.130. The lowest BCUT2D eigenvalue weighted by Crippen LogP contribution is -2.42. The van der Waals surface area contributed by atoms with Crippen LogP contribution in [-0.4, -0.2) is 30.1 Å². The van der Waals surface area contributed by atoms with Gasteiger partial charge in [0.25, 0.3) is 0 Å². The average Bonchev–Trinajstić information content (AvgIpc) is 2.81. The number of aryl methyl sites for hydroxylation is 1. The summed E-state index contributed by atoms with van der Waals surface area (Å²) in [6, 6.07) is 6.45. The van der Waals surface area contributed by atoms with Crippen molar-refractivity contribution in [1.29, 1.82) is 0 Å².